The number of benzene rings is 7. The molecular formula is C67H71BN4S. The third-order valence-electron chi connectivity index (χ3n) is 16.0. The highest BCUT2D eigenvalue weighted by Gasteiger charge is 2.46. The summed E-state index contributed by atoms with van der Waals surface area (Å²) in [6, 6.07) is 49.5. The minimum atomic E-state index is -0.103. The molecule has 4 heterocycles. The number of aryl methyl sites for hydroxylation is 2. The predicted molar refractivity (Wildman–Crippen MR) is 318 cm³/mol. The molecule has 9 aromatic rings. The molecule has 4 nitrogen and oxygen atoms in total. The molecule has 11 rings (SSSR count). The molecular weight excluding hydrogens is 904 g/mol. The summed E-state index contributed by atoms with van der Waals surface area (Å²) < 4.78 is 5.14. The van der Waals surface area contributed by atoms with Crippen LogP contribution in [0.2, 0.25) is 0 Å². The monoisotopic (exact) mass is 975 g/mol. The molecule has 0 unspecified atom stereocenters. The lowest BCUT2D eigenvalue weighted by molar-refractivity contribution is 0.589. The fourth-order valence-corrected chi connectivity index (χ4v) is 13.0. The van der Waals surface area contributed by atoms with Gasteiger partial charge in [-0.2, -0.15) is 5.26 Å². The van der Waals surface area contributed by atoms with Gasteiger partial charge in [0, 0.05) is 53.9 Å². The van der Waals surface area contributed by atoms with Crippen LogP contribution in [-0.2, 0) is 27.1 Å². The second kappa shape index (κ2) is 16.2. The smallest absolute Gasteiger partial charge is 0.264 e. The zero-order valence-corrected chi connectivity index (χ0v) is 47.1. The van der Waals surface area contributed by atoms with E-state index in [-0.39, 0.29) is 33.8 Å². The normalized spacial score (nSPS) is 13.8. The summed E-state index contributed by atoms with van der Waals surface area (Å²) in [6.07, 6.45) is 0. The number of aromatic nitrogens is 1. The molecule has 0 N–H and O–H groups in total. The Bertz CT molecular complexity index is 3700. The number of thiophene rings is 1. The Kier molecular flexibility index (Phi) is 10.8. The molecule has 0 spiro atoms. The van der Waals surface area contributed by atoms with Gasteiger partial charge in [0.15, 0.2) is 0 Å². The van der Waals surface area contributed by atoms with Gasteiger partial charge in [-0.3, -0.25) is 0 Å². The van der Waals surface area contributed by atoms with Gasteiger partial charge < -0.3 is 14.4 Å². The van der Waals surface area contributed by atoms with Crippen LogP contribution in [0.25, 0.3) is 37.6 Å². The first-order chi connectivity index (χ1) is 34.1. The number of rotatable bonds is 4. The summed E-state index contributed by atoms with van der Waals surface area (Å²) in [5, 5.41) is 14.2. The van der Waals surface area contributed by atoms with E-state index in [1.165, 1.54) is 98.2 Å². The lowest BCUT2D eigenvalue weighted by Gasteiger charge is -2.41. The van der Waals surface area contributed by atoms with Gasteiger partial charge in [0.1, 0.15) is 0 Å². The van der Waals surface area contributed by atoms with Crippen molar-refractivity contribution in [3.63, 3.8) is 0 Å². The number of hydrogen-bond donors (Lipinski definition) is 0. The van der Waals surface area contributed by atoms with Gasteiger partial charge in [-0.05, 0) is 164 Å². The average Bonchev–Trinajstić information content (AvgIpc) is 3.85. The molecule has 0 saturated heterocycles. The fraction of sp³-hybridized carbons (Fsp3) is 0.328. The van der Waals surface area contributed by atoms with Crippen LogP contribution in [-0.4, -0.2) is 11.3 Å². The molecule has 368 valence electrons. The molecule has 0 amide bonds. The number of nitriles is 1. The van der Waals surface area contributed by atoms with E-state index in [9.17, 15) is 5.26 Å². The molecule has 2 aromatic heterocycles. The number of hydrogen-bond acceptors (Lipinski definition) is 4. The summed E-state index contributed by atoms with van der Waals surface area (Å²) >= 11 is 1.90. The third kappa shape index (κ3) is 7.83. The minimum absolute atomic E-state index is 0.00185. The second-order valence-corrected chi connectivity index (χ2v) is 27.6. The zero-order chi connectivity index (χ0) is 52.2. The molecule has 0 fully saturated rings. The molecule has 2 aliphatic heterocycles. The van der Waals surface area contributed by atoms with Crippen LogP contribution in [0.15, 0.2) is 121 Å². The van der Waals surface area contributed by atoms with Crippen molar-refractivity contribution in [3.8, 4) is 11.8 Å². The molecule has 2 aliphatic rings. The van der Waals surface area contributed by atoms with Crippen molar-refractivity contribution >= 4 is 99.8 Å². The van der Waals surface area contributed by atoms with E-state index in [1.54, 1.807) is 0 Å². The van der Waals surface area contributed by atoms with Crippen molar-refractivity contribution in [2.24, 2.45) is 0 Å². The molecule has 0 atom stereocenters. The maximum Gasteiger partial charge on any atom is 0.264 e. The van der Waals surface area contributed by atoms with Crippen molar-refractivity contribution < 1.29 is 0 Å². The summed E-state index contributed by atoms with van der Waals surface area (Å²) in [7, 11) is 0. The van der Waals surface area contributed by atoms with Gasteiger partial charge in [-0.25, -0.2) is 0 Å². The lowest BCUT2D eigenvalue weighted by Crippen LogP contribution is -2.59. The van der Waals surface area contributed by atoms with Crippen molar-refractivity contribution in [1.29, 1.82) is 5.26 Å². The van der Waals surface area contributed by atoms with Crippen LogP contribution in [0.3, 0.4) is 0 Å². The Morgan fingerprint density at radius 3 is 1.52 bits per heavy atom. The fourth-order valence-electron chi connectivity index (χ4n) is 11.7. The average molecular weight is 975 g/mol. The van der Waals surface area contributed by atoms with E-state index in [4.69, 9.17) is 0 Å². The highest BCUT2D eigenvalue weighted by molar-refractivity contribution is 7.33. The number of nitrogens with zero attached hydrogens (tertiary/aromatic N) is 4. The van der Waals surface area contributed by atoms with E-state index in [0.717, 1.165) is 28.1 Å². The number of fused-ring (bicyclic) bond motifs is 9. The van der Waals surface area contributed by atoms with Crippen molar-refractivity contribution in [3.05, 3.63) is 166 Å². The zero-order valence-electron chi connectivity index (χ0n) is 46.3. The van der Waals surface area contributed by atoms with Crippen molar-refractivity contribution in [2.45, 2.75) is 145 Å². The molecule has 0 radical (unpaired) electrons. The topological polar surface area (TPSA) is 35.2 Å². The summed E-state index contributed by atoms with van der Waals surface area (Å²) in [5.74, 6) is 0. The van der Waals surface area contributed by atoms with Crippen molar-refractivity contribution in [2.75, 3.05) is 9.80 Å². The van der Waals surface area contributed by atoms with Gasteiger partial charge >= 0.3 is 0 Å². The van der Waals surface area contributed by atoms with Crippen LogP contribution in [0.1, 0.15) is 148 Å². The van der Waals surface area contributed by atoms with E-state index in [1.807, 2.05) is 17.4 Å². The van der Waals surface area contributed by atoms with Crippen LogP contribution in [0.4, 0.5) is 34.1 Å². The van der Waals surface area contributed by atoms with Gasteiger partial charge in [-0.1, -0.05) is 152 Å². The Morgan fingerprint density at radius 2 is 0.986 bits per heavy atom. The maximum absolute atomic E-state index is 10.5. The van der Waals surface area contributed by atoms with Gasteiger partial charge in [0.25, 0.3) is 6.71 Å². The van der Waals surface area contributed by atoms with Crippen LogP contribution in [0, 0.1) is 25.2 Å². The Balaban J connectivity index is 1.34. The van der Waals surface area contributed by atoms with Crippen LogP contribution in [0.5, 0.6) is 0 Å². The van der Waals surface area contributed by atoms with E-state index >= 15 is 0 Å². The third-order valence-corrected chi connectivity index (χ3v) is 17.2. The molecule has 6 heteroatoms. The quantitative estimate of drug-likeness (QED) is 0.165. The van der Waals surface area contributed by atoms with Gasteiger partial charge in [0.2, 0.25) is 0 Å². The summed E-state index contributed by atoms with van der Waals surface area (Å²) in [6.45, 7) is 39.3. The van der Waals surface area contributed by atoms with E-state index in [2.05, 4.69) is 253 Å². The SMILES string of the molecule is Cc1cc(C(C)(C)C)cc(C)c1N1c2cc(N(c3ccc(C(C)(C)C)cc3)c3ccc(C(C)(C)C)cc3)cc3c2B(c2sc4ccc(C#N)cc4c21)c1cc(C(C)(C)C)cc2c4cc(C(C)(C)C)ccc4n-3c12. The van der Waals surface area contributed by atoms with Gasteiger partial charge in [-0.15, -0.1) is 11.3 Å². The summed E-state index contributed by atoms with van der Waals surface area (Å²) in [4.78, 5) is 5.10. The largest absolute Gasteiger partial charge is 0.310 e. The van der Waals surface area contributed by atoms with Crippen LogP contribution >= 0.6 is 11.3 Å². The summed E-state index contributed by atoms with van der Waals surface area (Å²) in [5.41, 5.74) is 22.7. The van der Waals surface area contributed by atoms with Gasteiger partial charge in [0.05, 0.1) is 34.2 Å². The Labute approximate surface area is 439 Å². The lowest BCUT2D eigenvalue weighted by atomic mass is 9.36. The minimum Gasteiger partial charge on any atom is -0.310 e. The first-order valence-electron chi connectivity index (χ1n) is 26.3. The van der Waals surface area contributed by atoms with E-state index in [0.29, 0.717) is 5.56 Å². The van der Waals surface area contributed by atoms with Crippen molar-refractivity contribution in [1.82, 2.24) is 4.57 Å². The molecule has 73 heavy (non-hydrogen) atoms. The first-order valence-corrected chi connectivity index (χ1v) is 27.2. The second-order valence-electron chi connectivity index (χ2n) is 26.5. The molecule has 0 bridgehead atoms. The Hall–Kier alpha value is -6.55. The Morgan fingerprint density at radius 1 is 0.479 bits per heavy atom. The molecule has 7 aromatic carbocycles. The highest BCUT2D eigenvalue weighted by Crippen LogP contribution is 2.51. The standard InChI is InChI=1S/C67H71BN4S/c1-39-30-45(66(12,13)14)31-40(2)59(39)72-56-37-49(70(47-24-19-42(20-25-47)63(3,4)5)48-26-21-43(22-27-48)64(6,7)8)36-55-58(56)68(62-61(72)52-32-41(38-69)18-29-57(52)73-62)53-35-46(67(15,16)17)34-51-50-33-44(65(9,10)11)23-28-54(50)71(55)60(51)53/h18-37H,1-17H3. The highest BCUT2D eigenvalue weighted by atomic mass is 32.1. The molecule has 0 saturated carbocycles. The van der Waals surface area contributed by atoms with E-state index < -0.39 is 0 Å². The molecule has 0 aliphatic carbocycles. The maximum atomic E-state index is 10.5. The number of anilines is 6. The van der Waals surface area contributed by atoms with Crippen LogP contribution < -0.4 is 25.5 Å². The predicted octanol–water partition coefficient (Wildman–Crippen LogP) is 17.1. The first kappa shape index (κ1) is 48.7.